The number of nitrogens with zero attached hydrogens (tertiary/aromatic N) is 5. The van der Waals surface area contributed by atoms with Gasteiger partial charge in [-0.25, -0.2) is 13.4 Å². The minimum absolute atomic E-state index is 0.202. The Morgan fingerprint density at radius 2 is 1.63 bits per heavy atom. The highest BCUT2D eigenvalue weighted by atomic mass is 32.2. The molecule has 0 radical (unpaired) electrons. The molecule has 4 aromatic rings. The van der Waals surface area contributed by atoms with Gasteiger partial charge in [-0.15, -0.1) is 0 Å². The first-order valence-corrected chi connectivity index (χ1v) is 14.4. The number of anilines is 2. The standard InChI is InChI=1S/C28H30N6O3S/c35-38(36,25-4-2-1-3-5-25)32-23-16-22(18-29-19-23)21-6-7-26-27(17-21)31-28(20-30-26)34-10-8-24(9-11-34)33-12-14-37-15-13-33/h1-7,16-20,24,32H,8-15H2. The maximum atomic E-state index is 12.8. The molecule has 2 aromatic carbocycles. The number of nitrogens with one attached hydrogen (secondary N) is 1. The van der Waals surface area contributed by atoms with Gasteiger partial charge < -0.3 is 9.64 Å². The van der Waals surface area contributed by atoms with Crippen LogP contribution in [-0.2, 0) is 14.8 Å². The Hall–Kier alpha value is -3.60. The van der Waals surface area contributed by atoms with Crippen LogP contribution < -0.4 is 9.62 Å². The first-order chi connectivity index (χ1) is 18.5. The van der Waals surface area contributed by atoms with E-state index >= 15 is 0 Å². The average Bonchev–Trinajstić information content (AvgIpc) is 2.97. The molecule has 0 unspecified atom stereocenters. The van der Waals surface area contributed by atoms with Crippen molar-refractivity contribution in [3.63, 3.8) is 0 Å². The Kier molecular flexibility index (Phi) is 6.92. The highest BCUT2D eigenvalue weighted by molar-refractivity contribution is 7.92. The lowest BCUT2D eigenvalue weighted by Crippen LogP contribution is -2.49. The summed E-state index contributed by atoms with van der Waals surface area (Å²) in [5, 5.41) is 0. The second-order valence-corrected chi connectivity index (χ2v) is 11.4. The number of hydrogen-bond acceptors (Lipinski definition) is 8. The summed E-state index contributed by atoms with van der Waals surface area (Å²) in [5.74, 6) is 0.887. The van der Waals surface area contributed by atoms with Crippen LogP contribution in [0.2, 0.25) is 0 Å². The first-order valence-electron chi connectivity index (χ1n) is 12.9. The van der Waals surface area contributed by atoms with Gasteiger partial charge in [-0.3, -0.25) is 19.6 Å². The van der Waals surface area contributed by atoms with E-state index in [-0.39, 0.29) is 4.90 Å². The molecule has 4 heterocycles. The van der Waals surface area contributed by atoms with Crippen LogP contribution in [-0.4, -0.2) is 73.7 Å². The summed E-state index contributed by atoms with van der Waals surface area (Å²) in [7, 11) is -3.70. The van der Waals surface area contributed by atoms with E-state index in [1.54, 1.807) is 42.6 Å². The van der Waals surface area contributed by atoms with Crippen molar-refractivity contribution in [2.75, 3.05) is 49.0 Å². The molecule has 10 heteroatoms. The first kappa shape index (κ1) is 24.7. The number of hydrogen-bond donors (Lipinski definition) is 1. The maximum absolute atomic E-state index is 12.8. The van der Waals surface area contributed by atoms with Crippen molar-refractivity contribution in [2.45, 2.75) is 23.8 Å². The fraction of sp³-hybridized carbons (Fsp3) is 0.321. The zero-order valence-corrected chi connectivity index (χ0v) is 21.8. The smallest absolute Gasteiger partial charge is 0.261 e. The number of aromatic nitrogens is 3. The van der Waals surface area contributed by atoms with E-state index in [9.17, 15) is 8.42 Å². The van der Waals surface area contributed by atoms with Crippen LogP contribution in [0.4, 0.5) is 11.5 Å². The van der Waals surface area contributed by atoms with E-state index < -0.39 is 10.0 Å². The van der Waals surface area contributed by atoms with Crippen LogP contribution in [0.3, 0.4) is 0 Å². The van der Waals surface area contributed by atoms with E-state index in [1.165, 1.54) is 6.20 Å². The number of piperidine rings is 1. The molecule has 0 amide bonds. The zero-order valence-electron chi connectivity index (χ0n) is 21.0. The third kappa shape index (κ3) is 5.33. The monoisotopic (exact) mass is 530 g/mol. The molecule has 0 atom stereocenters. The summed E-state index contributed by atoms with van der Waals surface area (Å²) in [6.07, 6.45) is 7.30. The van der Waals surface area contributed by atoms with Crippen LogP contribution >= 0.6 is 0 Å². The number of pyridine rings is 1. The van der Waals surface area contributed by atoms with E-state index in [0.717, 1.165) is 80.2 Å². The SMILES string of the molecule is O=S(=O)(Nc1cncc(-c2ccc3ncc(N4CCC(N5CCOCC5)CC4)nc3c2)c1)c1ccccc1. The summed E-state index contributed by atoms with van der Waals surface area (Å²) in [4.78, 5) is 19.0. The number of sulfonamides is 1. The van der Waals surface area contributed by atoms with Gasteiger partial charge in [0.15, 0.2) is 0 Å². The van der Waals surface area contributed by atoms with Crippen molar-refractivity contribution >= 4 is 32.6 Å². The largest absolute Gasteiger partial charge is 0.379 e. The Bertz CT molecular complexity index is 1520. The lowest BCUT2D eigenvalue weighted by molar-refractivity contribution is 0.0115. The number of fused-ring (bicyclic) bond motifs is 1. The molecule has 6 rings (SSSR count). The third-order valence-electron chi connectivity index (χ3n) is 7.26. The molecule has 38 heavy (non-hydrogen) atoms. The van der Waals surface area contributed by atoms with Gasteiger partial charge in [0.25, 0.3) is 10.0 Å². The normalized spacial score (nSPS) is 17.5. The van der Waals surface area contributed by atoms with Crippen molar-refractivity contribution in [2.24, 2.45) is 0 Å². The Balaban J connectivity index is 1.19. The predicted molar refractivity (Wildman–Crippen MR) is 148 cm³/mol. The van der Waals surface area contributed by atoms with Crippen LogP contribution in [0.1, 0.15) is 12.8 Å². The van der Waals surface area contributed by atoms with Crippen LogP contribution in [0.5, 0.6) is 0 Å². The molecule has 0 spiro atoms. The summed E-state index contributed by atoms with van der Waals surface area (Å²) < 4.78 is 33.6. The Labute approximate surface area is 222 Å². The second-order valence-electron chi connectivity index (χ2n) is 9.68. The molecule has 2 aliphatic rings. The summed E-state index contributed by atoms with van der Waals surface area (Å²) in [6, 6.07) is 16.6. The molecule has 0 bridgehead atoms. The molecule has 2 aromatic heterocycles. The summed E-state index contributed by atoms with van der Waals surface area (Å²) in [6.45, 7) is 5.61. The summed E-state index contributed by atoms with van der Waals surface area (Å²) in [5.41, 5.74) is 3.69. The minimum Gasteiger partial charge on any atom is -0.379 e. The number of ether oxygens (including phenoxy) is 1. The molecule has 1 N–H and O–H groups in total. The highest BCUT2D eigenvalue weighted by Crippen LogP contribution is 2.28. The van der Waals surface area contributed by atoms with Gasteiger partial charge in [-0.1, -0.05) is 24.3 Å². The molecule has 0 aliphatic carbocycles. The van der Waals surface area contributed by atoms with Crippen LogP contribution in [0.15, 0.2) is 78.1 Å². The number of benzene rings is 2. The van der Waals surface area contributed by atoms with E-state index in [0.29, 0.717) is 11.7 Å². The fourth-order valence-corrected chi connectivity index (χ4v) is 6.26. The topological polar surface area (TPSA) is 101 Å². The van der Waals surface area contributed by atoms with Crippen molar-refractivity contribution in [3.05, 3.63) is 73.2 Å². The maximum Gasteiger partial charge on any atom is 0.261 e. The second kappa shape index (κ2) is 10.6. The molecule has 0 saturated carbocycles. The Morgan fingerprint density at radius 1 is 0.842 bits per heavy atom. The van der Waals surface area contributed by atoms with Gasteiger partial charge in [0.05, 0.1) is 47.2 Å². The average molecular weight is 531 g/mol. The van der Waals surface area contributed by atoms with Gasteiger partial charge in [0.2, 0.25) is 0 Å². The molecule has 2 saturated heterocycles. The predicted octanol–water partition coefficient (Wildman–Crippen LogP) is 3.79. The van der Waals surface area contributed by atoms with E-state index in [4.69, 9.17) is 9.72 Å². The van der Waals surface area contributed by atoms with Crippen LogP contribution in [0.25, 0.3) is 22.2 Å². The molecule has 2 fully saturated rings. The summed E-state index contributed by atoms with van der Waals surface area (Å²) >= 11 is 0. The number of rotatable bonds is 6. The van der Waals surface area contributed by atoms with Crippen molar-refractivity contribution in [1.29, 1.82) is 0 Å². The number of morpholine rings is 1. The molecule has 196 valence electrons. The quantitative estimate of drug-likeness (QED) is 0.402. The Morgan fingerprint density at radius 3 is 2.42 bits per heavy atom. The lowest BCUT2D eigenvalue weighted by Gasteiger charge is -2.40. The van der Waals surface area contributed by atoms with E-state index in [2.05, 4.69) is 24.5 Å². The zero-order chi connectivity index (χ0) is 26.0. The van der Waals surface area contributed by atoms with E-state index in [1.807, 2.05) is 24.4 Å². The highest BCUT2D eigenvalue weighted by Gasteiger charge is 2.26. The fourth-order valence-electron chi connectivity index (χ4n) is 5.20. The molecular weight excluding hydrogens is 500 g/mol. The van der Waals surface area contributed by atoms with Gasteiger partial charge >= 0.3 is 0 Å². The van der Waals surface area contributed by atoms with Gasteiger partial charge in [-0.05, 0) is 48.7 Å². The van der Waals surface area contributed by atoms with Gasteiger partial charge in [0, 0.05) is 44.0 Å². The van der Waals surface area contributed by atoms with Crippen molar-refractivity contribution in [1.82, 2.24) is 19.9 Å². The lowest BCUT2D eigenvalue weighted by atomic mass is 10.0. The van der Waals surface area contributed by atoms with Crippen LogP contribution in [0, 0.1) is 0 Å². The molecule has 9 nitrogen and oxygen atoms in total. The minimum atomic E-state index is -3.70. The van der Waals surface area contributed by atoms with Crippen molar-refractivity contribution < 1.29 is 13.2 Å². The molecule has 2 aliphatic heterocycles. The third-order valence-corrected chi connectivity index (χ3v) is 8.65. The van der Waals surface area contributed by atoms with Gasteiger partial charge in [0.1, 0.15) is 5.82 Å². The molecular formula is C28H30N6O3S. The van der Waals surface area contributed by atoms with Gasteiger partial charge in [-0.2, -0.15) is 0 Å². The van der Waals surface area contributed by atoms with Crippen molar-refractivity contribution in [3.8, 4) is 11.1 Å².